The van der Waals surface area contributed by atoms with E-state index in [0.29, 0.717) is 0 Å². The Hall–Kier alpha value is -1.57. The van der Waals surface area contributed by atoms with E-state index < -0.39 is 21.7 Å². The Bertz CT molecular complexity index is 1230. The van der Waals surface area contributed by atoms with E-state index in [4.69, 9.17) is 22.9 Å². The minimum atomic E-state index is -3.46. The average molecular weight is 599 g/mol. The molecule has 0 bridgehead atoms. The molecular formula is C33H47O6PSi. The van der Waals surface area contributed by atoms with Gasteiger partial charge >= 0.3 is 7.60 Å². The van der Waals surface area contributed by atoms with Crippen LogP contribution in [0, 0.1) is 11.3 Å². The summed E-state index contributed by atoms with van der Waals surface area (Å²) >= 11 is 0. The van der Waals surface area contributed by atoms with Crippen molar-refractivity contribution in [3.8, 4) is 0 Å². The summed E-state index contributed by atoms with van der Waals surface area (Å²) in [7, 11) is -6.30. The maximum absolute atomic E-state index is 13.8. The molecule has 1 saturated heterocycles. The van der Waals surface area contributed by atoms with Crippen LogP contribution in [-0.4, -0.2) is 44.6 Å². The normalized spacial score (nSPS) is 29.3. The van der Waals surface area contributed by atoms with E-state index in [0.717, 1.165) is 6.42 Å². The lowest BCUT2D eigenvalue weighted by Crippen LogP contribution is -2.68. The van der Waals surface area contributed by atoms with E-state index >= 15 is 0 Å². The van der Waals surface area contributed by atoms with Gasteiger partial charge in [-0.05, 0) is 69.3 Å². The highest BCUT2D eigenvalue weighted by molar-refractivity contribution is 7.57. The second-order valence-corrected chi connectivity index (χ2v) is 19.9. The van der Waals surface area contributed by atoms with Crippen LogP contribution in [0.1, 0.15) is 68.7 Å². The van der Waals surface area contributed by atoms with Gasteiger partial charge in [-0.3, -0.25) is 4.57 Å². The molecule has 2 aromatic carbocycles. The number of benzene rings is 2. The van der Waals surface area contributed by atoms with Gasteiger partial charge in [0.15, 0.2) is 5.79 Å². The summed E-state index contributed by atoms with van der Waals surface area (Å²) in [6.07, 6.45) is 1.80. The molecular weight excluding hydrogens is 551 g/mol. The van der Waals surface area contributed by atoms with Crippen LogP contribution < -0.4 is 10.4 Å². The predicted molar refractivity (Wildman–Crippen MR) is 166 cm³/mol. The van der Waals surface area contributed by atoms with Gasteiger partial charge in [0.25, 0.3) is 8.32 Å². The number of fused-ring (bicyclic) bond motifs is 3. The Morgan fingerprint density at radius 1 is 0.902 bits per heavy atom. The van der Waals surface area contributed by atoms with Crippen molar-refractivity contribution in [3.63, 3.8) is 0 Å². The van der Waals surface area contributed by atoms with Crippen molar-refractivity contribution in [3.05, 3.63) is 72.6 Å². The second kappa shape index (κ2) is 10.9. The van der Waals surface area contributed by atoms with Crippen LogP contribution in [0.2, 0.25) is 5.04 Å². The fourth-order valence-electron chi connectivity index (χ4n) is 6.99. The second-order valence-electron chi connectivity index (χ2n) is 13.9. The van der Waals surface area contributed by atoms with Crippen LogP contribution in [0.4, 0.5) is 0 Å². The molecule has 0 spiro atoms. The molecule has 0 N–H and O–H groups in total. The van der Waals surface area contributed by atoms with Gasteiger partial charge < -0.3 is 22.9 Å². The molecule has 8 heteroatoms. The number of hydrogen-bond acceptors (Lipinski definition) is 6. The van der Waals surface area contributed by atoms with Crippen molar-refractivity contribution >= 4 is 26.3 Å². The van der Waals surface area contributed by atoms with Gasteiger partial charge in [-0.25, -0.2) is 0 Å². The van der Waals surface area contributed by atoms with Gasteiger partial charge in [-0.2, -0.15) is 0 Å². The molecule has 3 aliphatic rings. The van der Waals surface area contributed by atoms with Crippen molar-refractivity contribution < 1.29 is 27.5 Å². The van der Waals surface area contributed by atoms with Crippen LogP contribution in [0.5, 0.6) is 0 Å². The van der Waals surface area contributed by atoms with Gasteiger partial charge in [0, 0.05) is 11.2 Å². The van der Waals surface area contributed by atoms with Crippen LogP contribution in [0.3, 0.4) is 0 Å². The van der Waals surface area contributed by atoms with E-state index in [9.17, 15) is 4.57 Å². The maximum Gasteiger partial charge on any atom is 0.354 e. The Labute approximate surface area is 247 Å². The minimum absolute atomic E-state index is 0.165. The number of rotatable bonds is 10. The first-order valence-corrected chi connectivity index (χ1v) is 18.5. The fourth-order valence-corrected chi connectivity index (χ4v) is 13.5. The van der Waals surface area contributed by atoms with E-state index in [-0.39, 0.29) is 46.9 Å². The minimum Gasteiger partial charge on any atom is -0.401 e. The summed E-state index contributed by atoms with van der Waals surface area (Å²) in [5.74, 6) is 1.09. The summed E-state index contributed by atoms with van der Waals surface area (Å²) in [5, 5.41) is 2.31. The van der Waals surface area contributed by atoms with Crippen molar-refractivity contribution in [1.82, 2.24) is 0 Å². The Kier molecular flexibility index (Phi) is 8.17. The van der Waals surface area contributed by atoms with Crippen LogP contribution >= 0.6 is 7.60 Å². The molecule has 5 atom stereocenters. The molecule has 0 amide bonds. The number of ether oxygens (including phenoxy) is 2. The summed E-state index contributed by atoms with van der Waals surface area (Å²) in [6, 6.07) is 21.4. The first-order chi connectivity index (χ1) is 19.1. The standard InChI is InChI=1S/C33H47O6PSi/c1-23(2)37-40(34,38-24(3)4)21-20-33-22-27(33)28(29-30(33)36-32(8,9)35-29)39-41(31(5,6)7,25-16-12-10-13-17-25)26-18-14-11-15-19-26/h10-21,23-24,27-30H,22H2,1-9H3/b21-20+/t27-,28+,29+,30+,33?/m1/s1. The quantitative estimate of drug-likeness (QED) is 0.216. The van der Waals surface area contributed by atoms with Crippen LogP contribution in [0.25, 0.3) is 0 Å². The molecule has 41 heavy (non-hydrogen) atoms. The van der Waals surface area contributed by atoms with Crippen molar-refractivity contribution in [2.45, 2.75) is 110 Å². The fraction of sp³-hybridized carbons (Fsp3) is 0.576. The van der Waals surface area contributed by atoms with E-state index in [1.807, 2.05) is 47.6 Å². The lowest BCUT2D eigenvalue weighted by Gasteiger charge is -2.45. The number of hydrogen-bond donors (Lipinski definition) is 0. The molecule has 2 saturated carbocycles. The van der Waals surface area contributed by atoms with Crippen molar-refractivity contribution in [2.24, 2.45) is 11.3 Å². The molecule has 5 rings (SSSR count). The first kappa shape index (κ1) is 30.9. The smallest absolute Gasteiger partial charge is 0.354 e. The third-order valence-electron chi connectivity index (χ3n) is 8.50. The lowest BCUT2D eigenvalue weighted by atomic mass is 10.00. The summed E-state index contributed by atoms with van der Waals surface area (Å²) < 4.78 is 46.3. The van der Waals surface area contributed by atoms with Crippen molar-refractivity contribution in [2.75, 3.05) is 0 Å². The largest absolute Gasteiger partial charge is 0.401 e. The molecule has 224 valence electrons. The molecule has 6 nitrogen and oxygen atoms in total. The SMILES string of the molecule is CC(C)OP(=O)(/C=C/C12C[C@@H]1[C@H](O[Si](c1ccccc1)(c1ccccc1)C(C)(C)C)[C@@H]1OC(C)(C)O[C@@H]12)OC(C)C. The first-order valence-electron chi connectivity index (χ1n) is 14.9. The highest BCUT2D eigenvalue weighted by Crippen LogP contribution is 2.70. The van der Waals surface area contributed by atoms with E-state index in [1.165, 1.54) is 10.4 Å². The average Bonchev–Trinajstić information content (AvgIpc) is 3.44. The third-order valence-corrected chi connectivity index (χ3v) is 15.5. The lowest BCUT2D eigenvalue weighted by molar-refractivity contribution is -0.164. The maximum atomic E-state index is 13.8. The zero-order valence-corrected chi connectivity index (χ0v) is 27.9. The Morgan fingerprint density at radius 3 is 1.88 bits per heavy atom. The molecule has 2 aromatic rings. The molecule has 0 radical (unpaired) electrons. The molecule has 1 heterocycles. The van der Waals surface area contributed by atoms with Gasteiger partial charge in [0.05, 0.1) is 24.4 Å². The van der Waals surface area contributed by atoms with Gasteiger partial charge in [-0.15, -0.1) is 0 Å². The van der Waals surface area contributed by atoms with Gasteiger partial charge in [-0.1, -0.05) is 87.5 Å². The van der Waals surface area contributed by atoms with Gasteiger partial charge in [0.1, 0.15) is 6.10 Å². The summed E-state index contributed by atoms with van der Waals surface area (Å²) in [6.45, 7) is 18.3. The van der Waals surface area contributed by atoms with Crippen LogP contribution in [-0.2, 0) is 27.5 Å². The topological polar surface area (TPSA) is 63.2 Å². The highest BCUT2D eigenvalue weighted by atomic mass is 31.2. The molecule has 2 aliphatic carbocycles. The summed E-state index contributed by atoms with van der Waals surface area (Å²) in [5.41, 5.74) is -0.356. The van der Waals surface area contributed by atoms with E-state index in [1.54, 1.807) is 5.82 Å². The monoisotopic (exact) mass is 598 g/mol. The van der Waals surface area contributed by atoms with Crippen molar-refractivity contribution in [1.29, 1.82) is 0 Å². The third kappa shape index (κ3) is 5.72. The molecule has 3 fully saturated rings. The predicted octanol–water partition coefficient (Wildman–Crippen LogP) is 7.03. The summed E-state index contributed by atoms with van der Waals surface area (Å²) in [4.78, 5) is 0. The highest BCUT2D eigenvalue weighted by Gasteiger charge is 2.76. The molecule has 0 aromatic heterocycles. The molecule has 1 unspecified atom stereocenters. The van der Waals surface area contributed by atoms with Gasteiger partial charge in [0.2, 0.25) is 0 Å². The zero-order valence-electron chi connectivity index (χ0n) is 26.0. The van der Waals surface area contributed by atoms with E-state index in [2.05, 4.69) is 81.4 Å². The Balaban J connectivity index is 1.58. The Morgan fingerprint density at radius 2 is 1.41 bits per heavy atom. The zero-order chi connectivity index (χ0) is 29.8. The molecule has 1 aliphatic heterocycles. The van der Waals surface area contributed by atoms with Crippen LogP contribution in [0.15, 0.2) is 72.6 Å².